The van der Waals surface area contributed by atoms with E-state index < -0.39 is 0 Å². The lowest BCUT2D eigenvalue weighted by Crippen LogP contribution is -2.27. The molecule has 1 heterocycles. The van der Waals surface area contributed by atoms with Gasteiger partial charge in [-0.1, -0.05) is 127 Å². The van der Waals surface area contributed by atoms with Crippen molar-refractivity contribution < 1.29 is 4.79 Å². The number of carbonyl (C=O) groups is 1. The van der Waals surface area contributed by atoms with Gasteiger partial charge in [-0.05, 0) is 41.2 Å². The monoisotopic (exact) mass is 498 g/mol. The first-order valence-electron chi connectivity index (χ1n) is 12.8. The number of nitrogens with zero attached hydrogens (tertiary/aromatic N) is 3. The minimum absolute atomic E-state index is 0.224. The maximum Gasteiger partial charge on any atom is 0.274 e. The van der Waals surface area contributed by atoms with Gasteiger partial charge in [0, 0.05) is 12.1 Å². The first-order valence-corrected chi connectivity index (χ1v) is 12.8. The van der Waals surface area contributed by atoms with Crippen molar-refractivity contribution in [1.29, 1.82) is 0 Å². The lowest BCUT2D eigenvalue weighted by atomic mass is 9.98. The molecule has 0 spiro atoms. The fourth-order valence-corrected chi connectivity index (χ4v) is 4.57. The molecule has 0 aliphatic carbocycles. The van der Waals surface area contributed by atoms with Crippen LogP contribution in [0.1, 0.15) is 38.3 Å². The van der Waals surface area contributed by atoms with Crippen molar-refractivity contribution in [2.75, 3.05) is 6.54 Å². The number of aromatic nitrogens is 3. The molecule has 0 bridgehead atoms. The van der Waals surface area contributed by atoms with Gasteiger partial charge in [-0.3, -0.25) is 4.79 Å². The quantitative estimate of drug-likeness (QED) is 0.238. The first kappa shape index (κ1) is 24.9. The van der Waals surface area contributed by atoms with Crippen LogP contribution in [-0.4, -0.2) is 27.4 Å². The van der Waals surface area contributed by atoms with E-state index in [-0.39, 0.29) is 5.91 Å². The second kappa shape index (κ2) is 12.0. The standard InChI is InChI=1S/C33H30N4O/c1-25-12-11-19-28(21-20-26-13-5-2-6-14-26)30(25)22-23-34-33(38)31-32(29-17-9-4-10-18-29)37(36-35-31)24-27-15-7-3-8-16-27/h2-21H,22-24H2,1H3,(H,34,38)/b21-20+. The van der Waals surface area contributed by atoms with E-state index in [1.807, 2.05) is 78.9 Å². The molecule has 38 heavy (non-hydrogen) atoms. The van der Waals surface area contributed by atoms with Gasteiger partial charge in [-0.2, -0.15) is 0 Å². The number of hydrogen-bond acceptors (Lipinski definition) is 3. The molecule has 0 radical (unpaired) electrons. The van der Waals surface area contributed by atoms with Crippen LogP contribution in [0, 0.1) is 6.92 Å². The Morgan fingerprint density at radius 3 is 2.24 bits per heavy atom. The highest BCUT2D eigenvalue weighted by atomic mass is 16.2. The van der Waals surface area contributed by atoms with Crippen molar-refractivity contribution in [3.63, 3.8) is 0 Å². The van der Waals surface area contributed by atoms with Crippen LogP contribution in [0.4, 0.5) is 0 Å². The second-order valence-electron chi connectivity index (χ2n) is 9.19. The number of amides is 1. The summed E-state index contributed by atoms with van der Waals surface area (Å²) < 4.78 is 1.80. The van der Waals surface area contributed by atoms with E-state index >= 15 is 0 Å². The van der Waals surface area contributed by atoms with Gasteiger partial charge in [-0.15, -0.1) is 5.10 Å². The number of hydrogen-bond donors (Lipinski definition) is 1. The van der Waals surface area contributed by atoms with Crippen molar-refractivity contribution >= 4 is 18.1 Å². The van der Waals surface area contributed by atoms with Crippen molar-refractivity contribution in [1.82, 2.24) is 20.3 Å². The van der Waals surface area contributed by atoms with Gasteiger partial charge >= 0.3 is 0 Å². The van der Waals surface area contributed by atoms with Crippen LogP contribution in [0.25, 0.3) is 23.4 Å². The summed E-state index contributed by atoms with van der Waals surface area (Å²) in [6.07, 6.45) is 4.97. The van der Waals surface area contributed by atoms with E-state index in [4.69, 9.17) is 0 Å². The Bertz CT molecular complexity index is 1520. The van der Waals surface area contributed by atoms with Gasteiger partial charge in [0.1, 0.15) is 5.69 Å². The number of carbonyl (C=O) groups excluding carboxylic acids is 1. The molecule has 5 nitrogen and oxygen atoms in total. The third-order valence-electron chi connectivity index (χ3n) is 6.53. The summed E-state index contributed by atoms with van der Waals surface area (Å²) in [4.78, 5) is 13.3. The normalized spacial score (nSPS) is 11.1. The molecular weight excluding hydrogens is 468 g/mol. The predicted molar refractivity (Wildman–Crippen MR) is 154 cm³/mol. The summed E-state index contributed by atoms with van der Waals surface area (Å²) in [6.45, 7) is 3.14. The zero-order valence-electron chi connectivity index (χ0n) is 21.4. The molecule has 0 saturated carbocycles. The first-order chi connectivity index (χ1) is 18.7. The van der Waals surface area contributed by atoms with Gasteiger partial charge in [0.25, 0.3) is 5.91 Å². The number of nitrogens with one attached hydrogen (secondary N) is 1. The third kappa shape index (κ3) is 5.95. The summed E-state index contributed by atoms with van der Waals surface area (Å²) in [5.74, 6) is -0.224. The largest absolute Gasteiger partial charge is 0.350 e. The Morgan fingerprint density at radius 1 is 0.816 bits per heavy atom. The van der Waals surface area contributed by atoms with Crippen LogP contribution in [0.2, 0.25) is 0 Å². The van der Waals surface area contributed by atoms with Crippen LogP contribution < -0.4 is 5.32 Å². The van der Waals surface area contributed by atoms with Crippen LogP contribution >= 0.6 is 0 Å². The number of benzene rings is 4. The van der Waals surface area contributed by atoms with Gasteiger partial charge in [0.2, 0.25) is 0 Å². The maximum absolute atomic E-state index is 13.3. The summed E-state index contributed by atoms with van der Waals surface area (Å²) in [7, 11) is 0. The Hall–Kier alpha value is -4.77. The number of aryl methyl sites for hydroxylation is 1. The molecule has 5 rings (SSSR count). The summed E-state index contributed by atoms with van der Waals surface area (Å²) >= 11 is 0. The smallest absolute Gasteiger partial charge is 0.274 e. The Balaban J connectivity index is 1.33. The lowest BCUT2D eigenvalue weighted by molar-refractivity contribution is 0.0949. The molecule has 1 aromatic heterocycles. The third-order valence-corrected chi connectivity index (χ3v) is 6.53. The molecule has 1 N–H and O–H groups in total. The average Bonchev–Trinajstić information content (AvgIpc) is 3.38. The Kier molecular flexibility index (Phi) is 7.85. The molecule has 0 aliphatic heterocycles. The van der Waals surface area contributed by atoms with Gasteiger partial charge in [0.05, 0.1) is 6.54 Å². The molecule has 1 amide bonds. The molecule has 4 aromatic carbocycles. The minimum Gasteiger partial charge on any atom is -0.350 e. The molecule has 5 heteroatoms. The zero-order valence-corrected chi connectivity index (χ0v) is 21.4. The van der Waals surface area contributed by atoms with E-state index in [2.05, 4.69) is 65.0 Å². The average molecular weight is 499 g/mol. The Morgan fingerprint density at radius 2 is 1.50 bits per heavy atom. The SMILES string of the molecule is Cc1cccc(/C=C/c2ccccc2)c1CCNC(=O)c1nnn(Cc2ccccc2)c1-c1ccccc1. The molecule has 0 saturated heterocycles. The summed E-state index contributed by atoms with van der Waals surface area (Å²) in [6, 6.07) is 36.5. The maximum atomic E-state index is 13.3. The summed E-state index contributed by atoms with van der Waals surface area (Å²) in [5.41, 5.74) is 7.78. The van der Waals surface area contributed by atoms with Gasteiger partial charge in [-0.25, -0.2) is 4.68 Å². The fraction of sp³-hybridized carbons (Fsp3) is 0.121. The molecule has 0 aliphatic rings. The second-order valence-corrected chi connectivity index (χ2v) is 9.19. The van der Waals surface area contributed by atoms with E-state index in [0.717, 1.165) is 22.3 Å². The van der Waals surface area contributed by atoms with Crippen LogP contribution in [0.3, 0.4) is 0 Å². The topological polar surface area (TPSA) is 59.8 Å². The van der Waals surface area contributed by atoms with Crippen LogP contribution in [-0.2, 0) is 13.0 Å². The van der Waals surface area contributed by atoms with Crippen molar-refractivity contribution in [3.05, 3.63) is 143 Å². The zero-order chi connectivity index (χ0) is 26.2. The minimum atomic E-state index is -0.224. The van der Waals surface area contributed by atoms with Gasteiger partial charge < -0.3 is 5.32 Å². The molecule has 188 valence electrons. The van der Waals surface area contributed by atoms with E-state index in [9.17, 15) is 4.79 Å². The molecule has 0 atom stereocenters. The van der Waals surface area contributed by atoms with Crippen molar-refractivity contribution in [2.45, 2.75) is 19.9 Å². The predicted octanol–water partition coefficient (Wildman–Crippen LogP) is 6.44. The van der Waals surface area contributed by atoms with Crippen molar-refractivity contribution in [2.24, 2.45) is 0 Å². The van der Waals surface area contributed by atoms with E-state index in [1.165, 1.54) is 11.1 Å². The highest BCUT2D eigenvalue weighted by Crippen LogP contribution is 2.23. The molecular formula is C33H30N4O. The van der Waals surface area contributed by atoms with E-state index in [1.54, 1.807) is 4.68 Å². The Labute approximate surface area is 223 Å². The van der Waals surface area contributed by atoms with E-state index in [0.29, 0.717) is 30.9 Å². The molecule has 0 unspecified atom stereocenters. The van der Waals surface area contributed by atoms with Crippen LogP contribution in [0.5, 0.6) is 0 Å². The fourth-order valence-electron chi connectivity index (χ4n) is 4.57. The van der Waals surface area contributed by atoms with Gasteiger partial charge in [0.15, 0.2) is 5.69 Å². The number of rotatable bonds is 9. The lowest BCUT2D eigenvalue weighted by Gasteiger charge is -2.12. The summed E-state index contributed by atoms with van der Waals surface area (Å²) in [5, 5.41) is 11.7. The molecule has 5 aromatic rings. The van der Waals surface area contributed by atoms with Crippen molar-refractivity contribution in [3.8, 4) is 11.3 Å². The van der Waals surface area contributed by atoms with Crippen LogP contribution in [0.15, 0.2) is 109 Å². The molecule has 0 fully saturated rings. The highest BCUT2D eigenvalue weighted by Gasteiger charge is 2.21. The highest BCUT2D eigenvalue weighted by molar-refractivity contribution is 5.98.